The molecule has 0 spiro atoms. The number of aliphatic hydroxyl groups is 1. The molecule has 1 aromatic rings. The van der Waals surface area contributed by atoms with Crippen molar-refractivity contribution >= 4 is 0 Å². The number of ether oxygens (including phenoxy) is 2. The number of nitrogens with zero attached hydrogens (tertiary/aromatic N) is 1. The minimum Gasteiger partial charge on any atom is -0.486 e. The summed E-state index contributed by atoms with van der Waals surface area (Å²) in [6, 6.07) is 6.01. The fourth-order valence-corrected chi connectivity index (χ4v) is 4.11. The van der Waals surface area contributed by atoms with Gasteiger partial charge in [0, 0.05) is 25.2 Å². The highest BCUT2D eigenvalue weighted by Gasteiger charge is 2.38. The largest absolute Gasteiger partial charge is 0.486 e. The fourth-order valence-electron chi connectivity index (χ4n) is 4.11. The zero-order chi connectivity index (χ0) is 15.1. The Morgan fingerprint density at radius 3 is 2.77 bits per heavy atom. The van der Waals surface area contributed by atoms with Gasteiger partial charge in [0.15, 0.2) is 11.5 Å². The maximum Gasteiger partial charge on any atom is 0.161 e. The number of benzene rings is 1. The Morgan fingerprint density at radius 2 is 2.05 bits per heavy atom. The lowest BCUT2D eigenvalue weighted by Crippen LogP contribution is -2.44. The van der Waals surface area contributed by atoms with E-state index in [0.29, 0.717) is 25.0 Å². The van der Waals surface area contributed by atoms with Crippen LogP contribution in [0.5, 0.6) is 11.5 Å². The molecule has 1 saturated heterocycles. The standard InChI is InChI=1S/C17H24N2O3/c18-14(10-19-9-11-1-3-13(19)7-11)17(20)12-2-4-15-16(8-12)22-6-5-21-15/h2,4,8,11,13-14,17,20H,1,3,5-7,9-10,18H2/t11?,13?,14-,17-/m1/s1. The summed E-state index contributed by atoms with van der Waals surface area (Å²) < 4.78 is 11.1. The van der Waals surface area contributed by atoms with Crippen LogP contribution in [0.25, 0.3) is 0 Å². The molecule has 22 heavy (non-hydrogen) atoms. The van der Waals surface area contributed by atoms with Crippen molar-refractivity contribution in [3.63, 3.8) is 0 Å². The molecular weight excluding hydrogens is 280 g/mol. The van der Waals surface area contributed by atoms with Gasteiger partial charge in [-0.25, -0.2) is 0 Å². The first-order valence-corrected chi connectivity index (χ1v) is 8.28. The van der Waals surface area contributed by atoms with Crippen molar-refractivity contribution in [3.05, 3.63) is 23.8 Å². The van der Waals surface area contributed by atoms with Crippen molar-refractivity contribution in [2.75, 3.05) is 26.3 Å². The Bertz CT molecular complexity index is 551. The number of aliphatic hydroxyl groups excluding tert-OH is 1. The minimum absolute atomic E-state index is 0.276. The summed E-state index contributed by atoms with van der Waals surface area (Å²) in [5.74, 6) is 2.30. The zero-order valence-corrected chi connectivity index (χ0v) is 12.8. The molecule has 5 heteroatoms. The van der Waals surface area contributed by atoms with Crippen LogP contribution >= 0.6 is 0 Å². The Labute approximate surface area is 131 Å². The van der Waals surface area contributed by atoms with E-state index in [2.05, 4.69) is 4.90 Å². The molecule has 3 aliphatic rings. The van der Waals surface area contributed by atoms with Crippen LogP contribution in [0.2, 0.25) is 0 Å². The number of likely N-dealkylation sites (tertiary alicyclic amines) is 1. The summed E-state index contributed by atoms with van der Waals surface area (Å²) in [5.41, 5.74) is 7.08. The highest BCUT2D eigenvalue weighted by atomic mass is 16.6. The normalized spacial score (nSPS) is 29.5. The molecule has 4 atom stereocenters. The van der Waals surface area contributed by atoms with Gasteiger partial charge < -0.3 is 20.3 Å². The molecule has 0 radical (unpaired) electrons. The van der Waals surface area contributed by atoms with E-state index in [1.165, 1.54) is 19.3 Å². The van der Waals surface area contributed by atoms with E-state index in [1.807, 2.05) is 18.2 Å². The fraction of sp³-hybridized carbons (Fsp3) is 0.647. The second-order valence-corrected chi connectivity index (χ2v) is 6.80. The molecule has 1 aromatic carbocycles. The van der Waals surface area contributed by atoms with Gasteiger partial charge >= 0.3 is 0 Å². The van der Waals surface area contributed by atoms with E-state index >= 15 is 0 Å². The number of piperidine rings is 1. The molecule has 2 unspecified atom stereocenters. The maximum atomic E-state index is 10.6. The number of nitrogens with two attached hydrogens (primary N) is 1. The molecule has 2 bridgehead atoms. The predicted octanol–water partition coefficient (Wildman–Crippen LogP) is 1.30. The molecular formula is C17H24N2O3. The summed E-state index contributed by atoms with van der Waals surface area (Å²) in [4.78, 5) is 2.46. The van der Waals surface area contributed by atoms with Gasteiger partial charge in [0.05, 0.1) is 6.10 Å². The molecule has 0 aromatic heterocycles. The molecule has 1 saturated carbocycles. The Morgan fingerprint density at radius 1 is 1.23 bits per heavy atom. The van der Waals surface area contributed by atoms with Crippen molar-refractivity contribution < 1.29 is 14.6 Å². The van der Waals surface area contributed by atoms with E-state index in [-0.39, 0.29) is 6.04 Å². The van der Waals surface area contributed by atoms with E-state index < -0.39 is 6.10 Å². The first kappa shape index (κ1) is 14.3. The highest BCUT2D eigenvalue weighted by Crippen LogP contribution is 2.38. The van der Waals surface area contributed by atoms with Crippen LogP contribution in [0.1, 0.15) is 30.9 Å². The summed E-state index contributed by atoms with van der Waals surface area (Å²) in [6.45, 7) is 3.03. The van der Waals surface area contributed by atoms with Crippen LogP contribution in [0.15, 0.2) is 18.2 Å². The number of rotatable bonds is 4. The summed E-state index contributed by atoms with van der Waals surface area (Å²) in [6.07, 6.45) is 3.29. The molecule has 120 valence electrons. The summed E-state index contributed by atoms with van der Waals surface area (Å²) in [7, 11) is 0. The molecule has 2 heterocycles. The lowest BCUT2D eigenvalue weighted by Gasteiger charge is -2.31. The van der Waals surface area contributed by atoms with Crippen LogP contribution in [0.3, 0.4) is 0 Å². The third kappa shape index (κ3) is 2.57. The lowest BCUT2D eigenvalue weighted by molar-refractivity contribution is 0.106. The Hall–Kier alpha value is -1.30. The Balaban J connectivity index is 1.43. The van der Waals surface area contributed by atoms with Crippen LogP contribution < -0.4 is 15.2 Å². The van der Waals surface area contributed by atoms with Crippen LogP contribution in [0, 0.1) is 5.92 Å². The third-order valence-corrected chi connectivity index (χ3v) is 5.28. The van der Waals surface area contributed by atoms with E-state index in [0.717, 1.165) is 30.3 Å². The van der Waals surface area contributed by atoms with Gasteiger partial charge in [-0.1, -0.05) is 6.07 Å². The minimum atomic E-state index is -0.671. The van der Waals surface area contributed by atoms with Crippen molar-refractivity contribution in [3.8, 4) is 11.5 Å². The number of hydrogen-bond donors (Lipinski definition) is 2. The van der Waals surface area contributed by atoms with Crippen molar-refractivity contribution in [1.82, 2.24) is 4.90 Å². The smallest absolute Gasteiger partial charge is 0.161 e. The van der Waals surface area contributed by atoms with Gasteiger partial charge in [0.2, 0.25) is 0 Å². The summed E-state index contributed by atoms with van der Waals surface area (Å²) >= 11 is 0. The molecule has 2 aliphatic heterocycles. The van der Waals surface area contributed by atoms with Crippen LogP contribution in [-0.2, 0) is 0 Å². The van der Waals surface area contributed by atoms with E-state index in [1.54, 1.807) is 0 Å². The second-order valence-electron chi connectivity index (χ2n) is 6.80. The SMILES string of the molecule is N[C@H](CN1CC2CCC1C2)[C@H](O)c1ccc2c(c1)OCCO2. The first-order valence-electron chi connectivity index (χ1n) is 8.28. The highest BCUT2D eigenvalue weighted by molar-refractivity contribution is 5.44. The van der Waals surface area contributed by atoms with E-state index in [9.17, 15) is 5.11 Å². The Kier molecular flexibility index (Phi) is 3.72. The molecule has 4 rings (SSSR count). The summed E-state index contributed by atoms with van der Waals surface area (Å²) in [5, 5.41) is 10.6. The van der Waals surface area contributed by atoms with Gasteiger partial charge in [-0.3, -0.25) is 4.90 Å². The average Bonchev–Trinajstić information content (AvgIpc) is 3.16. The molecule has 2 fully saturated rings. The second kappa shape index (κ2) is 5.72. The average molecular weight is 304 g/mol. The van der Waals surface area contributed by atoms with Crippen molar-refractivity contribution in [2.45, 2.75) is 37.5 Å². The maximum absolute atomic E-state index is 10.6. The van der Waals surface area contributed by atoms with Gasteiger partial charge in [-0.05, 0) is 42.9 Å². The topological polar surface area (TPSA) is 68.0 Å². The third-order valence-electron chi connectivity index (χ3n) is 5.28. The van der Waals surface area contributed by atoms with Gasteiger partial charge in [0.1, 0.15) is 13.2 Å². The molecule has 3 N–H and O–H groups in total. The van der Waals surface area contributed by atoms with Crippen molar-refractivity contribution in [2.24, 2.45) is 11.7 Å². The lowest BCUT2D eigenvalue weighted by atomic mass is 10.0. The molecule has 1 aliphatic carbocycles. The molecule has 0 amide bonds. The van der Waals surface area contributed by atoms with E-state index in [4.69, 9.17) is 15.2 Å². The van der Waals surface area contributed by atoms with Crippen LogP contribution in [-0.4, -0.2) is 48.4 Å². The van der Waals surface area contributed by atoms with Gasteiger partial charge in [-0.15, -0.1) is 0 Å². The van der Waals surface area contributed by atoms with Gasteiger partial charge in [-0.2, -0.15) is 0 Å². The van der Waals surface area contributed by atoms with Crippen LogP contribution in [0.4, 0.5) is 0 Å². The van der Waals surface area contributed by atoms with Gasteiger partial charge in [0.25, 0.3) is 0 Å². The zero-order valence-electron chi connectivity index (χ0n) is 12.8. The monoisotopic (exact) mass is 304 g/mol. The number of fused-ring (bicyclic) bond motifs is 3. The quantitative estimate of drug-likeness (QED) is 0.878. The number of hydrogen-bond acceptors (Lipinski definition) is 5. The predicted molar refractivity (Wildman–Crippen MR) is 83.1 cm³/mol. The first-order chi connectivity index (χ1) is 10.7. The molecule has 5 nitrogen and oxygen atoms in total. The van der Waals surface area contributed by atoms with Crippen molar-refractivity contribution in [1.29, 1.82) is 0 Å².